The number of benzene rings is 3. The van der Waals surface area contributed by atoms with Gasteiger partial charge in [0.1, 0.15) is 16.9 Å². The molecule has 1 aromatic heterocycles. The van der Waals surface area contributed by atoms with E-state index < -0.39 is 0 Å². The average Bonchev–Trinajstić information content (AvgIpc) is 2.92. The Morgan fingerprint density at radius 1 is 0.818 bits per heavy atom. The molecule has 0 aliphatic carbocycles. The molecule has 2 N–H and O–H groups in total. The molecular formula is C19H15NO2. The SMILES string of the molecule is Oc1ccccc1CNc1ccc2oc3ccccc3c2c1. The molecule has 0 spiro atoms. The van der Waals surface area contributed by atoms with E-state index in [1.807, 2.05) is 48.5 Å². The van der Waals surface area contributed by atoms with Crippen molar-refractivity contribution in [2.45, 2.75) is 6.54 Å². The summed E-state index contributed by atoms with van der Waals surface area (Å²) in [6.45, 7) is 0.577. The van der Waals surface area contributed by atoms with E-state index in [-0.39, 0.29) is 0 Å². The van der Waals surface area contributed by atoms with E-state index >= 15 is 0 Å². The Hall–Kier alpha value is -2.94. The van der Waals surface area contributed by atoms with Crippen molar-refractivity contribution < 1.29 is 9.52 Å². The van der Waals surface area contributed by atoms with Gasteiger partial charge in [-0.3, -0.25) is 0 Å². The van der Waals surface area contributed by atoms with Gasteiger partial charge in [-0.05, 0) is 30.3 Å². The van der Waals surface area contributed by atoms with Crippen LogP contribution in [-0.4, -0.2) is 5.11 Å². The second kappa shape index (κ2) is 5.11. The molecule has 0 saturated carbocycles. The molecule has 0 bridgehead atoms. The van der Waals surface area contributed by atoms with Crippen LogP contribution in [0.5, 0.6) is 5.75 Å². The lowest BCUT2D eigenvalue weighted by Crippen LogP contribution is -1.99. The van der Waals surface area contributed by atoms with Gasteiger partial charge in [-0.1, -0.05) is 36.4 Å². The second-order valence-corrected chi connectivity index (χ2v) is 5.29. The largest absolute Gasteiger partial charge is 0.508 e. The van der Waals surface area contributed by atoms with Crippen LogP contribution < -0.4 is 5.32 Å². The molecule has 1 heterocycles. The highest BCUT2D eigenvalue weighted by Crippen LogP contribution is 2.30. The maximum Gasteiger partial charge on any atom is 0.135 e. The molecule has 0 unspecified atom stereocenters. The summed E-state index contributed by atoms with van der Waals surface area (Å²) in [6, 6.07) is 21.4. The van der Waals surface area contributed by atoms with Crippen LogP contribution in [0.3, 0.4) is 0 Å². The first kappa shape index (κ1) is 12.8. The zero-order valence-electron chi connectivity index (χ0n) is 11.9. The molecule has 3 heteroatoms. The Balaban J connectivity index is 1.67. The van der Waals surface area contributed by atoms with Crippen LogP contribution in [0, 0.1) is 0 Å². The van der Waals surface area contributed by atoms with Gasteiger partial charge in [0.2, 0.25) is 0 Å². The maximum absolute atomic E-state index is 9.81. The molecule has 0 amide bonds. The van der Waals surface area contributed by atoms with Crippen molar-refractivity contribution in [2.24, 2.45) is 0 Å². The lowest BCUT2D eigenvalue weighted by Gasteiger charge is -2.08. The quantitative estimate of drug-likeness (QED) is 0.563. The number of hydrogen-bond acceptors (Lipinski definition) is 3. The highest BCUT2D eigenvalue weighted by Gasteiger charge is 2.07. The highest BCUT2D eigenvalue weighted by molar-refractivity contribution is 6.05. The summed E-state index contributed by atoms with van der Waals surface area (Å²) in [7, 11) is 0. The standard InChI is InChI=1S/C19H15NO2/c21-17-7-3-1-5-13(17)12-20-14-9-10-19-16(11-14)15-6-2-4-8-18(15)22-19/h1-11,20-21H,12H2. The molecule has 3 aromatic carbocycles. The summed E-state index contributed by atoms with van der Waals surface area (Å²) in [4.78, 5) is 0. The molecule has 0 saturated heterocycles. The summed E-state index contributed by atoms with van der Waals surface area (Å²) in [5.41, 5.74) is 3.66. The third kappa shape index (κ3) is 2.17. The lowest BCUT2D eigenvalue weighted by molar-refractivity contribution is 0.469. The first-order valence-electron chi connectivity index (χ1n) is 7.23. The molecule has 4 rings (SSSR count). The number of fused-ring (bicyclic) bond motifs is 3. The van der Waals surface area contributed by atoms with Crippen molar-refractivity contribution >= 4 is 27.6 Å². The van der Waals surface area contributed by atoms with Crippen LogP contribution >= 0.6 is 0 Å². The number of anilines is 1. The molecule has 22 heavy (non-hydrogen) atoms. The highest BCUT2D eigenvalue weighted by atomic mass is 16.3. The summed E-state index contributed by atoms with van der Waals surface area (Å²) in [5.74, 6) is 0.310. The smallest absolute Gasteiger partial charge is 0.135 e. The Morgan fingerprint density at radius 2 is 1.59 bits per heavy atom. The second-order valence-electron chi connectivity index (χ2n) is 5.29. The van der Waals surface area contributed by atoms with Crippen LogP contribution in [-0.2, 0) is 6.54 Å². The van der Waals surface area contributed by atoms with Gasteiger partial charge in [0.25, 0.3) is 0 Å². The normalized spacial score (nSPS) is 11.1. The maximum atomic E-state index is 9.81. The summed E-state index contributed by atoms with van der Waals surface area (Å²) < 4.78 is 5.82. The molecule has 4 aromatic rings. The molecule has 0 aliphatic heterocycles. The van der Waals surface area contributed by atoms with Gasteiger partial charge in [0.05, 0.1) is 0 Å². The minimum Gasteiger partial charge on any atom is -0.508 e. The predicted molar refractivity (Wildman–Crippen MR) is 89.2 cm³/mol. The Labute approximate surface area is 127 Å². The van der Waals surface area contributed by atoms with Gasteiger partial charge in [0, 0.05) is 28.6 Å². The van der Waals surface area contributed by atoms with Gasteiger partial charge in [0.15, 0.2) is 0 Å². The van der Waals surface area contributed by atoms with Crippen molar-refractivity contribution in [3.63, 3.8) is 0 Å². The van der Waals surface area contributed by atoms with Crippen molar-refractivity contribution in [3.8, 4) is 5.75 Å². The van der Waals surface area contributed by atoms with E-state index in [4.69, 9.17) is 4.42 Å². The molecule has 108 valence electrons. The van der Waals surface area contributed by atoms with E-state index in [0.717, 1.165) is 33.2 Å². The molecule has 0 radical (unpaired) electrons. The van der Waals surface area contributed by atoms with Gasteiger partial charge in [-0.25, -0.2) is 0 Å². The fraction of sp³-hybridized carbons (Fsp3) is 0.0526. The topological polar surface area (TPSA) is 45.4 Å². The first-order valence-corrected chi connectivity index (χ1v) is 7.23. The number of phenolic OH excluding ortho intramolecular Hbond substituents is 1. The number of phenols is 1. The van der Waals surface area contributed by atoms with Gasteiger partial charge >= 0.3 is 0 Å². The van der Waals surface area contributed by atoms with Crippen LogP contribution in [0.15, 0.2) is 71.1 Å². The minimum absolute atomic E-state index is 0.310. The summed E-state index contributed by atoms with van der Waals surface area (Å²) in [6.07, 6.45) is 0. The van der Waals surface area contributed by atoms with Crippen molar-refractivity contribution in [1.82, 2.24) is 0 Å². The zero-order chi connectivity index (χ0) is 14.9. The number of hydrogen-bond donors (Lipinski definition) is 2. The molecular weight excluding hydrogens is 274 g/mol. The van der Waals surface area contributed by atoms with E-state index in [1.165, 1.54) is 0 Å². The number of nitrogens with one attached hydrogen (secondary N) is 1. The van der Waals surface area contributed by atoms with Gasteiger partial charge < -0.3 is 14.8 Å². The third-order valence-electron chi connectivity index (χ3n) is 3.85. The number of para-hydroxylation sites is 2. The van der Waals surface area contributed by atoms with Crippen LogP contribution in [0.2, 0.25) is 0 Å². The van der Waals surface area contributed by atoms with E-state index in [9.17, 15) is 5.11 Å². The van der Waals surface area contributed by atoms with Crippen molar-refractivity contribution in [2.75, 3.05) is 5.32 Å². The van der Waals surface area contributed by atoms with Crippen LogP contribution in [0.4, 0.5) is 5.69 Å². The number of rotatable bonds is 3. The number of aromatic hydroxyl groups is 1. The average molecular weight is 289 g/mol. The van der Waals surface area contributed by atoms with Gasteiger partial charge in [-0.15, -0.1) is 0 Å². The fourth-order valence-electron chi connectivity index (χ4n) is 2.69. The first-order chi connectivity index (χ1) is 10.8. The monoisotopic (exact) mass is 289 g/mol. The van der Waals surface area contributed by atoms with E-state index in [2.05, 4.69) is 17.4 Å². The number of furan rings is 1. The molecule has 0 atom stereocenters. The lowest BCUT2D eigenvalue weighted by atomic mass is 10.1. The van der Waals surface area contributed by atoms with Gasteiger partial charge in [-0.2, -0.15) is 0 Å². The van der Waals surface area contributed by atoms with E-state index in [1.54, 1.807) is 6.07 Å². The summed E-state index contributed by atoms with van der Waals surface area (Å²) >= 11 is 0. The Bertz CT molecular complexity index is 956. The molecule has 3 nitrogen and oxygen atoms in total. The Kier molecular flexibility index (Phi) is 2.97. The minimum atomic E-state index is 0.310. The summed E-state index contributed by atoms with van der Waals surface area (Å²) in [5, 5.41) is 15.4. The predicted octanol–water partition coefficient (Wildman–Crippen LogP) is 4.90. The van der Waals surface area contributed by atoms with Crippen molar-refractivity contribution in [1.29, 1.82) is 0 Å². The zero-order valence-corrected chi connectivity index (χ0v) is 11.9. The van der Waals surface area contributed by atoms with Crippen molar-refractivity contribution in [3.05, 3.63) is 72.3 Å². The molecule has 0 aliphatic rings. The fourth-order valence-corrected chi connectivity index (χ4v) is 2.69. The molecule has 0 fully saturated rings. The van der Waals surface area contributed by atoms with E-state index in [0.29, 0.717) is 12.3 Å². The Morgan fingerprint density at radius 3 is 2.50 bits per heavy atom. The van der Waals surface area contributed by atoms with Crippen LogP contribution in [0.1, 0.15) is 5.56 Å². The van der Waals surface area contributed by atoms with Crippen LogP contribution in [0.25, 0.3) is 21.9 Å². The third-order valence-corrected chi connectivity index (χ3v) is 3.85.